The fraction of sp³-hybridized carbons (Fsp3) is 0.200. The maximum atomic E-state index is 13.8. The van der Waals surface area contributed by atoms with Gasteiger partial charge in [0.2, 0.25) is 0 Å². The minimum absolute atomic E-state index is 0.0441. The van der Waals surface area contributed by atoms with E-state index >= 15 is 0 Å². The van der Waals surface area contributed by atoms with Crippen molar-refractivity contribution < 1.29 is 9.18 Å². The summed E-state index contributed by atoms with van der Waals surface area (Å²) in [6.45, 7) is 2.22. The van der Waals surface area contributed by atoms with Crippen molar-refractivity contribution in [2.75, 3.05) is 7.05 Å². The SMILES string of the molecule is Cc1cccc(CN(C)C(=O)c2c(F)cccc2Br)n1. The molecular formula is C15H14BrFN2O. The largest absolute Gasteiger partial charge is 0.336 e. The Morgan fingerprint density at radius 3 is 2.65 bits per heavy atom. The molecule has 0 aliphatic rings. The zero-order valence-corrected chi connectivity index (χ0v) is 12.8. The first kappa shape index (κ1) is 14.7. The zero-order chi connectivity index (χ0) is 14.7. The average molecular weight is 337 g/mol. The number of nitrogens with zero attached hydrogens (tertiary/aromatic N) is 2. The molecule has 0 atom stereocenters. The van der Waals surface area contributed by atoms with Gasteiger partial charge in [0, 0.05) is 17.2 Å². The van der Waals surface area contributed by atoms with Gasteiger partial charge in [0.15, 0.2) is 0 Å². The topological polar surface area (TPSA) is 33.2 Å². The van der Waals surface area contributed by atoms with Crippen LogP contribution >= 0.6 is 15.9 Å². The van der Waals surface area contributed by atoms with Gasteiger partial charge in [-0.3, -0.25) is 9.78 Å². The Kier molecular flexibility index (Phi) is 4.49. The van der Waals surface area contributed by atoms with Crippen LogP contribution in [0, 0.1) is 12.7 Å². The van der Waals surface area contributed by atoms with Crippen LogP contribution in [0.2, 0.25) is 0 Å². The molecule has 1 heterocycles. The minimum Gasteiger partial charge on any atom is -0.336 e. The Labute approximate surface area is 125 Å². The van der Waals surface area contributed by atoms with Crippen LogP contribution in [-0.2, 0) is 6.54 Å². The first-order chi connectivity index (χ1) is 9.49. The van der Waals surface area contributed by atoms with Gasteiger partial charge in [-0.2, -0.15) is 0 Å². The predicted octanol–water partition coefficient (Wildman–Crippen LogP) is 3.56. The van der Waals surface area contributed by atoms with E-state index in [2.05, 4.69) is 20.9 Å². The van der Waals surface area contributed by atoms with Crippen molar-refractivity contribution in [2.24, 2.45) is 0 Å². The van der Waals surface area contributed by atoms with E-state index in [9.17, 15) is 9.18 Å². The molecule has 1 aromatic carbocycles. The third kappa shape index (κ3) is 3.22. The second kappa shape index (κ2) is 6.13. The monoisotopic (exact) mass is 336 g/mol. The zero-order valence-electron chi connectivity index (χ0n) is 11.2. The van der Waals surface area contributed by atoms with Crippen molar-refractivity contribution in [3.05, 3.63) is 63.6 Å². The molecular weight excluding hydrogens is 323 g/mol. The summed E-state index contributed by atoms with van der Waals surface area (Å²) in [4.78, 5) is 18.1. The number of hydrogen-bond acceptors (Lipinski definition) is 2. The summed E-state index contributed by atoms with van der Waals surface area (Å²) in [6, 6.07) is 10.1. The lowest BCUT2D eigenvalue weighted by atomic mass is 10.2. The Hall–Kier alpha value is -1.75. The summed E-state index contributed by atoms with van der Waals surface area (Å²) >= 11 is 3.21. The summed E-state index contributed by atoms with van der Waals surface area (Å²) < 4.78 is 14.2. The lowest BCUT2D eigenvalue weighted by Crippen LogP contribution is -2.27. The normalized spacial score (nSPS) is 10.4. The van der Waals surface area contributed by atoms with Gasteiger partial charge < -0.3 is 4.90 Å². The maximum absolute atomic E-state index is 13.8. The number of benzene rings is 1. The van der Waals surface area contributed by atoms with Gasteiger partial charge >= 0.3 is 0 Å². The Morgan fingerprint density at radius 1 is 1.30 bits per heavy atom. The standard InChI is InChI=1S/C15H14BrFN2O/c1-10-5-3-6-11(18-10)9-19(2)15(20)14-12(16)7-4-8-13(14)17/h3-8H,9H2,1-2H3. The molecule has 20 heavy (non-hydrogen) atoms. The summed E-state index contributed by atoms with van der Waals surface area (Å²) in [5, 5.41) is 0. The van der Waals surface area contributed by atoms with Crippen LogP contribution in [0.4, 0.5) is 4.39 Å². The van der Waals surface area contributed by atoms with Crippen LogP contribution in [0.3, 0.4) is 0 Å². The highest BCUT2D eigenvalue weighted by molar-refractivity contribution is 9.10. The van der Waals surface area contributed by atoms with Gasteiger partial charge in [-0.15, -0.1) is 0 Å². The van der Waals surface area contributed by atoms with Gasteiger partial charge in [-0.1, -0.05) is 12.1 Å². The molecule has 1 aromatic heterocycles. The van der Waals surface area contributed by atoms with Gasteiger partial charge in [-0.05, 0) is 47.1 Å². The van der Waals surface area contributed by atoms with Crippen LogP contribution in [-0.4, -0.2) is 22.8 Å². The fourth-order valence-electron chi connectivity index (χ4n) is 1.90. The summed E-state index contributed by atoms with van der Waals surface area (Å²) in [6.07, 6.45) is 0. The second-order valence-electron chi connectivity index (χ2n) is 4.53. The third-order valence-corrected chi connectivity index (χ3v) is 3.53. The molecule has 3 nitrogen and oxygen atoms in total. The van der Waals surface area contributed by atoms with Crippen molar-refractivity contribution in [3.8, 4) is 0 Å². The molecule has 2 aromatic rings. The number of aryl methyl sites for hydroxylation is 1. The summed E-state index contributed by atoms with van der Waals surface area (Å²) in [5.74, 6) is -0.910. The Morgan fingerprint density at radius 2 is 2.00 bits per heavy atom. The molecule has 0 aliphatic heterocycles. The van der Waals surface area contributed by atoms with Crippen LogP contribution in [0.5, 0.6) is 0 Å². The third-order valence-electron chi connectivity index (χ3n) is 2.87. The molecule has 0 saturated heterocycles. The molecule has 5 heteroatoms. The van der Waals surface area contributed by atoms with E-state index < -0.39 is 5.82 Å². The van der Waals surface area contributed by atoms with Crippen molar-refractivity contribution in [1.29, 1.82) is 0 Å². The van der Waals surface area contributed by atoms with Crippen molar-refractivity contribution in [3.63, 3.8) is 0 Å². The van der Waals surface area contributed by atoms with E-state index in [0.29, 0.717) is 11.0 Å². The minimum atomic E-state index is -0.534. The van der Waals surface area contributed by atoms with E-state index in [1.807, 2.05) is 25.1 Å². The van der Waals surface area contributed by atoms with Crippen molar-refractivity contribution >= 4 is 21.8 Å². The number of hydrogen-bond donors (Lipinski definition) is 0. The number of carbonyl (C=O) groups is 1. The van der Waals surface area contributed by atoms with E-state index in [1.54, 1.807) is 19.2 Å². The maximum Gasteiger partial charge on any atom is 0.258 e. The van der Waals surface area contributed by atoms with Gasteiger partial charge in [0.25, 0.3) is 5.91 Å². The smallest absolute Gasteiger partial charge is 0.258 e. The molecule has 0 spiro atoms. The highest BCUT2D eigenvalue weighted by Crippen LogP contribution is 2.21. The molecule has 0 unspecified atom stereocenters. The molecule has 0 N–H and O–H groups in total. The first-order valence-corrected chi connectivity index (χ1v) is 6.90. The molecule has 0 saturated carbocycles. The van der Waals surface area contributed by atoms with E-state index in [0.717, 1.165) is 11.4 Å². The van der Waals surface area contributed by atoms with E-state index in [4.69, 9.17) is 0 Å². The second-order valence-corrected chi connectivity index (χ2v) is 5.38. The Balaban J connectivity index is 2.21. The number of pyridine rings is 1. The first-order valence-electron chi connectivity index (χ1n) is 6.11. The quantitative estimate of drug-likeness (QED) is 0.858. The van der Waals surface area contributed by atoms with Gasteiger partial charge in [-0.25, -0.2) is 4.39 Å². The summed E-state index contributed by atoms with van der Waals surface area (Å²) in [5.41, 5.74) is 1.70. The van der Waals surface area contributed by atoms with Crippen molar-refractivity contribution in [2.45, 2.75) is 13.5 Å². The number of amides is 1. The molecule has 2 rings (SSSR count). The average Bonchev–Trinajstić information content (AvgIpc) is 2.38. The molecule has 1 amide bonds. The predicted molar refractivity (Wildman–Crippen MR) is 78.9 cm³/mol. The van der Waals surface area contributed by atoms with E-state index in [1.165, 1.54) is 11.0 Å². The van der Waals surface area contributed by atoms with Crippen LogP contribution < -0.4 is 0 Å². The highest BCUT2D eigenvalue weighted by atomic mass is 79.9. The fourth-order valence-corrected chi connectivity index (χ4v) is 2.41. The van der Waals surface area contributed by atoms with Crippen LogP contribution in [0.1, 0.15) is 21.7 Å². The molecule has 0 aliphatic carbocycles. The lowest BCUT2D eigenvalue weighted by molar-refractivity contribution is 0.0777. The van der Waals surface area contributed by atoms with E-state index in [-0.39, 0.29) is 11.5 Å². The Bertz CT molecular complexity index is 625. The molecule has 0 radical (unpaired) electrons. The van der Waals surface area contributed by atoms with Gasteiger partial charge in [0.05, 0.1) is 17.8 Å². The van der Waals surface area contributed by atoms with Crippen LogP contribution in [0.15, 0.2) is 40.9 Å². The number of aromatic nitrogens is 1. The molecule has 104 valence electrons. The van der Waals surface area contributed by atoms with Gasteiger partial charge in [0.1, 0.15) is 5.82 Å². The highest BCUT2D eigenvalue weighted by Gasteiger charge is 2.19. The molecule has 0 bridgehead atoms. The number of rotatable bonds is 3. The lowest BCUT2D eigenvalue weighted by Gasteiger charge is -2.18. The summed E-state index contributed by atoms with van der Waals surface area (Å²) in [7, 11) is 1.63. The number of halogens is 2. The van der Waals surface area contributed by atoms with Crippen LogP contribution in [0.25, 0.3) is 0 Å². The van der Waals surface area contributed by atoms with Crippen molar-refractivity contribution in [1.82, 2.24) is 9.88 Å². The molecule has 0 fully saturated rings. The number of carbonyl (C=O) groups excluding carboxylic acids is 1.